The average Bonchev–Trinajstić information content (AvgIpc) is 2.80. The maximum absolute atomic E-state index is 6.04. The number of aromatic nitrogens is 2. The Morgan fingerprint density at radius 2 is 1.89 bits per heavy atom. The fourth-order valence-electron chi connectivity index (χ4n) is 2.06. The molecule has 0 spiro atoms. The minimum atomic E-state index is 0.758. The monoisotopic (exact) mass is 269 g/mol. The molecule has 0 fully saturated rings. The number of aryl methyl sites for hydroxylation is 1. The lowest BCUT2D eigenvalue weighted by atomic mass is 10.1. The van der Waals surface area contributed by atoms with Crippen molar-refractivity contribution in [1.29, 1.82) is 0 Å². The second-order valence-corrected chi connectivity index (χ2v) is 5.00. The van der Waals surface area contributed by atoms with Gasteiger partial charge in [-0.25, -0.2) is 4.57 Å². The molecule has 2 heterocycles. The summed E-state index contributed by atoms with van der Waals surface area (Å²) in [6, 6.07) is 10.0. The lowest BCUT2D eigenvalue weighted by Gasteiger charge is -1.94. The number of rotatable bonds is 2. The summed E-state index contributed by atoms with van der Waals surface area (Å²) >= 11 is 6.04. The highest BCUT2D eigenvalue weighted by Gasteiger charge is 2.01. The zero-order valence-electron chi connectivity index (χ0n) is 10.6. The number of pyridine rings is 1. The summed E-state index contributed by atoms with van der Waals surface area (Å²) < 4.78 is 2.02. The number of nitrogens with zero attached hydrogens (tertiary/aromatic N) is 1. The average molecular weight is 270 g/mol. The highest BCUT2D eigenvalue weighted by Crippen LogP contribution is 2.23. The van der Waals surface area contributed by atoms with Crippen LogP contribution >= 0.6 is 11.6 Å². The van der Waals surface area contributed by atoms with E-state index < -0.39 is 0 Å². The molecule has 0 saturated heterocycles. The van der Waals surface area contributed by atoms with Crippen molar-refractivity contribution in [3.05, 3.63) is 65.1 Å². The van der Waals surface area contributed by atoms with Crippen LogP contribution in [0.2, 0.25) is 5.02 Å². The van der Waals surface area contributed by atoms with Crippen LogP contribution in [0, 0.1) is 0 Å². The Bertz CT molecular complexity index is 739. The molecule has 0 unspecified atom stereocenters. The van der Waals surface area contributed by atoms with Crippen molar-refractivity contribution < 1.29 is 4.57 Å². The quantitative estimate of drug-likeness (QED) is 0.683. The van der Waals surface area contributed by atoms with Gasteiger partial charge in [-0.1, -0.05) is 23.8 Å². The highest BCUT2D eigenvalue weighted by atomic mass is 35.5. The first-order chi connectivity index (χ1) is 9.22. The SMILES string of the molecule is C[n+]1ccc(C=Cc2c[nH]c3ccc(Cl)cc23)cc1. The van der Waals surface area contributed by atoms with Crippen LogP contribution in [0.25, 0.3) is 23.1 Å². The zero-order chi connectivity index (χ0) is 13.2. The first-order valence-corrected chi connectivity index (χ1v) is 6.50. The molecule has 0 aliphatic carbocycles. The van der Waals surface area contributed by atoms with Gasteiger partial charge in [0.15, 0.2) is 12.4 Å². The summed E-state index contributed by atoms with van der Waals surface area (Å²) in [6.07, 6.45) is 10.3. The lowest BCUT2D eigenvalue weighted by molar-refractivity contribution is -0.671. The molecule has 3 rings (SSSR count). The van der Waals surface area contributed by atoms with Crippen LogP contribution in [0.15, 0.2) is 48.9 Å². The molecule has 1 aromatic carbocycles. The fourth-order valence-corrected chi connectivity index (χ4v) is 2.23. The summed E-state index contributed by atoms with van der Waals surface area (Å²) in [5, 5.41) is 1.90. The summed E-state index contributed by atoms with van der Waals surface area (Å²) in [5.41, 5.74) is 3.42. The van der Waals surface area contributed by atoms with Gasteiger partial charge < -0.3 is 4.98 Å². The number of fused-ring (bicyclic) bond motifs is 1. The Morgan fingerprint density at radius 3 is 2.68 bits per heavy atom. The molecule has 0 atom stereocenters. The number of hydrogen-bond donors (Lipinski definition) is 1. The van der Waals surface area contributed by atoms with Gasteiger partial charge in [-0.15, -0.1) is 0 Å². The van der Waals surface area contributed by atoms with E-state index in [0.717, 1.165) is 21.5 Å². The van der Waals surface area contributed by atoms with Crippen molar-refractivity contribution in [2.45, 2.75) is 0 Å². The molecule has 0 aliphatic heterocycles. The van der Waals surface area contributed by atoms with E-state index in [1.165, 1.54) is 5.56 Å². The molecule has 0 radical (unpaired) electrons. The predicted molar refractivity (Wildman–Crippen MR) is 79.9 cm³/mol. The molecule has 19 heavy (non-hydrogen) atoms. The third-order valence-corrected chi connectivity index (χ3v) is 3.37. The largest absolute Gasteiger partial charge is 0.361 e. The van der Waals surface area contributed by atoms with E-state index in [4.69, 9.17) is 11.6 Å². The van der Waals surface area contributed by atoms with Crippen molar-refractivity contribution in [3.63, 3.8) is 0 Å². The van der Waals surface area contributed by atoms with E-state index >= 15 is 0 Å². The lowest BCUT2D eigenvalue weighted by Crippen LogP contribution is -2.25. The van der Waals surface area contributed by atoms with Gasteiger partial charge >= 0.3 is 0 Å². The van der Waals surface area contributed by atoms with Gasteiger partial charge in [-0.2, -0.15) is 0 Å². The van der Waals surface area contributed by atoms with E-state index in [9.17, 15) is 0 Å². The summed E-state index contributed by atoms with van der Waals surface area (Å²) in [7, 11) is 2.01. The summed E-state index contributed by atoms with van der Waals surface area (Å²) in [6.45, 7) is 0. The molecule has 0 aliphatic rings. The van der Waals surface area contributed by atoms with Gasteiger partial charge in [0, 0.05) is 34.3 Å². The summed E-state index contributed by atoms with van der Waals surface area (Å²) in [5.74, 6) is 0. The van der Waals surface area contributed by atoms with Gasteiger partial charge in [-0.05, 0) is 29.3 Å². The number of nitrogens with one attached hydrogen (secondary N) is 1. The molecule has 0 amide bonds. The van der Waals surface area contributed by atoms with Crippen LogP contribution in [0.3, 0.4) is 0 Å². The fraction of sp³-hybridized carbons (Fsp3) is 0.0625. The molecule has 0 bridgehead atoms. The standard InChI is InChI=1S/C16H13ClN2/c1-19-8-6-12(7-9-19)2-3-13-11-18-16-5-4-14(17)10-15(13)16/h2-11H,1H3/p+1. The topological polar surface area (TPSA) is 19.7 Å². The smallest absolute Gasteiger partial charge is 0.169 e. The first kappa shape index (κ1) is 12.0. The van der Waals surface area contributed by atoms with E-state index in [-0.39, 0.29) is 0 Å². The third-order valence-electron chi connectivity index (χ3n) is 3.14. The number of benzene rings is 1. The van der Waals surface area contributed by atoms with E-state index in [0.29, 0.717) is 0 Å². The third kappa shape index (κ3) is 2.54. The molecule has 2 nitrogen and oxygen atoms in total. The first-order valence-electron chi connectivity index (χ1n) is 6.12. The Balaban J connectivity index is 1.96. The maximum Gasteiger partial charge on any atom is 0.169 e. The normalized spacial score (nSPS) is 11.5. The van der Waals surface area contributed by atoms with Crippen LogP contribution in [-0.4, -0.2) is 4.98 Å². The van der Waals surface area contributed by atoms with Crippen LogP contribution in [0.1, 0.15) is 11.1 Å². The van der Waals surface area contributed by atoms with Gasteiger partial charge in [0.1, 0.15) is 7.05 Å². The molecule has 94 valence electrons. The van der Waals surface area contributed by atoms with Crippen molar-refractivity contribution >= 4 is 34.7 Å². The summed E-state index contributed by atoms with van der Waals surface area (Å²) in [4.78, 5) is 3.25. The molecule has 3 heteroatoms. The number of H-pyrrole nitrogens is 1. The minimum absolute atomic E-state index is 0.758. The van der Waals surface area contributed by atoms with Gasteiger partial charge in [-0.3, -0.25) is 0 Å². The number of aromatic amines is 1. The zero-order valence-corrected chi connectivity index (χ0v) is 11.4. The van der Waals surface area contributed by atoms with Crippen LogP contribution in [0.4, 0.5) is 0 Å². The molecule has 1 N–H and O–H groups in total. The minimum Gasteiger partial charge on any atom is -0.361 e. The van der Waals surface area contributed by atoms with Gasteiger partial charge in [0.2, 0.25) is 0 Å². The van der Waals surface area contributed by atoms with E-state index in [1.54, 1.807) is 0 Å². The number of halogens is 1. The van der Waals surface area contributed by atoms with E-state index in [2.05, 4.69) is 29.3 Å². The van der Waals surface area contributed by atoms with Crippen molar-refractivity contribution in [3.8, 4) is 0 Å². The van der Waals surface area contributed by atoms with Crippen LogP contribution < -0.4 is 4.57 Å². The van der Waals surface area contributed by atoms with Crippen molar-refractivity contribution in [2.24, 2.45) is 7.05 Å². The molecule has 0 saturated carbocycles. The maximum atomic E-state index is 6.04. The highest BCUT2D eigenvalue weighted by molar-refractivity contribution is 6.31. The molecular formula is C16H14ClN2+. The van der Waals surface area contributed by atoms with Crippen molar-refractivity contribution in [2.75, 3.05) is 0 Å². The predicted octanol–water partition coefficient (Wildman–Crippen LogP) is 3.82. The van der Waals surface area contributed by atoms with Crippen LogP contribution in [0.5, 0.6) is 0 Å². The molecule has 3 aromatic rings. The number of hydrogen-bond acceptors (Lipinski definition) is 0. The Hall–Kier alpha value is -2.06. The Kier molecular flexibility index (Phi) is 3.10. The second kappa shape index (κ2) is 4.90. The Morgan fingerprint density at radius 1 is 1.11 bits per heavy atom. The van der Waals surface area contributed by atoms with Crippen molar-refractivity contribution in [1.82, 2.24) is 4.98 Å². The second-order valence-electron chi connectivity index (χ2n) is 4.56. The Labute approximate surface area is 117 Å². The van der Waals surface area contributed by atoms with E-state index in [1.807, 2.05) is 48.4 Å². The van der Waals surface area contributed by atoms with Gasteiger partial charge in [0.25, 0.3) is 0 Å². The van der Waals surface area contributed by atoms with Gasteiger partial charge in [0.05, 0.1) is 0 Å². The van der Waals surface area contributed by atoms with Crippen LogP contribution in [-0.2, 0) is 7.05 Å². The molecule has 2 aromatic heterocycles. The molecular weight excluding hydrogens is 256 g/mol.